The Morgan fingerprint density at radius 2 is 1.74 bits per heavy atom. The molecule has 0 aliphatic carbocycles. The summed E-state index contributed by atoms with van der Waals surface area (Å²) in [5, 5.41) is 3.55. The van der Waals surface area contributed by atoms with Crippen LogP contribution in [-0.2, 0) is 24.2 Å². The molecule has 5 rings (SSSR count). The third-order valence-corrected chi connectivity index (χ3v) is 6.40. The van der Waals surface area contributed by atoms with E-state index in [4.69, 9.17) is 16.3 Å². The van der Waals surface area contributed by atoms with Crippen LogP contribution in [0.25, 0.3) is 5.69 Å². The number of ether oxygens (including phenoxy) is 1. The molecule has 2 heterocycles. The molecule has 0 unspecified atom stereocenters. The minimum atomic E-state index is -0.253. The van der Waals surface area contributed by atoms with Crippen molar-refractivity contribution in [1.29, 1.82) is 0 Å². The largest absolute Gasteiger partial charge is 0.439 e. The third-order valence-electron chi connectivity index (χ3n) is 6.17. The maximum Gasteiger partial charge on any atom is 0.278 e. The van der Waals surface area contributed by atoms with Crippen molar-refractivity contribution in [3.8, 4) is 17.3 Å². The van der Waals surface area contributed by atoms with E-state index in [0.29, 0.717) is 34.3 Å². The number of aryl methyl sites for hydroxylation is 3. The highest BCUT2D eigenvalue weighted by molar-refractivity contribution is 6.30. The monoisotopic (exact) mass is 487 g/mol. The van der Waals surface area contributed by atoms with Crippen molar-refractivity contribution in [2.24, 2.45) is 0 Å². The summed E-state index contributed by atoms with van der Waals surface area (Å²) in [6.07, 6.45) is 1.27. The maximum atomic E-state index is 13.6. The van der Waals surface area contributed by atoms with Crippen LogP contribution in [0, 0.1) is 13.8 Å². The Morgan fingerprint density at radius 3 is 2.43 bits per heavy atom. The molecule has 1 aromatic heterocycles. The number of fused-ring (bicyclic) bond motifs is 2. The van der Waals surface area contributed by atoms with Crippen LogP contribution < -0.4 is 15.6 Å². The number of amides is 1. The van der Waals surface area contributed by atoms with E-state index in [-0.39, 0.29) is 18.0 Å². The fraction of sp³-hybridized carbons (Fsp3) is 0.214. The molecule has 0 fully saturated rings. The van der Waals surface area contributed by atoms with E-state index >= 15 is 0 Å². The molecule has 0 bridgehead atoms. The number of hydrogen-bond acceptors (Lipinski definition) is 3. The van der Waals surface area contributed by atoms with Crippen molar-refractivity contribution >= 4 is 23.2 Å². The van der Waals surface area contributed by atoms with Crippen molar-refractivity contribution in [1.82, 2.24) is 9.36 Å². The van der Waals surface area contributed by atoms with Crippen LogP contribution in [0.2, 0.25) is 5.02 Å². The second kappa shape index (κ2) is 9.12. The molecule has 1 aliphatic heterocycles. The second-order valence-corrected chi connectivity index (χ2v) is 9.37. The van der Waals surface area contributed by atoms with E-state index in [0.717, 1.165) is 34.4 Å². The SMILES string of the molecule is CCc1ccc(-n2c(=O)c3c(n2CC(=O)Nc2cc(C)cc(C)c2)Oc2ccc(Cl)cc2C3)cc1. The highest BCUT2D eigenvalue weighted by Crippen LogP contribution is 2.37. The molecule has 6 nitrogen and oxygen atoms in total. The number of anilines is 1. The maximum absolute atomic E-state index is 13.6. The zero-order valence-corrected chi connectivity index (χ0v) is 20.6. The molecule has 0 atom stereocenters. The summed E-state index contributed by atoms with van der Waals surface area (Å²) in [4.78, 5) is 26.8. The lowest BCUT2D eigenvalue weighted by Gasteiger charge is -2.20. The van der Waals surface area contributed by atoms with Crippen LogP contribution in [0.1, 0.15) is 34.7 Å². The number of halogens is 1. The van der Waals surface area contributed by atoms with Crippen molar-refractivity contribution < 1.29 is 9.53 Å². The quantitative estimate of drug-likeness (QED) is 0.340. The molecule has 0 spiro atoms. The van der Waals surface area contributed by atoms with Gasteiger partial charge in [0.05, 0.1) is 11.3 Å². The van der Waals surface area contributed by atoms with Gasteiger partial charge in [-0.2, -0.15) is 0 Å². The number of nitrogens with one attached hydrogen (secondary N) is 1. The van der Waals surface area contributed by atoms with Gasteiger partial charge in [-0.1, -0.05) is 36.7 Å². The zero-order valence-electron chi connectivity index (χ0n) is 19.9. The first kappa shape index (κ1) is 23.0. The number of rotatable bonds is 5. The standard InChI is InChI=1S/C28H26ClN3O3/c1-4-19-5-8-23(9-6-19)32-27(34)24-15-20-14-21(29)7-10-25(20)35-28(24)31(32)16-26(33)30-22-12-17(2)11-18(3)13-22/h5-14H,4,15-16H2,1-3H3,(H,30,33). The number of hydrogen-bond donors (Lipinski definition) is 1. The van der Waals surface area contributed by atoms with Gasteiger partial charge in [-0.15, -0.1) is 0 Å². The lowest BCUT2D eigenvalue weighted by molar-refractivity contribution is -0.117. The molecule has 1 N–H and O–H groups in total. The Hall–Kier alpha value is -3.77. The predicted molar refractivity (Wildman–Crippen MR) is 138 cm³/mol. The van der Waals surface area contributed by atoms with Crippen molar-refractivity contribution in [2.45, 2.75) is 40.2 Å². The Balaban J connectivity index is 1.57. The minimum absolute atomic E-state index is 0.0873. The molecule has 0 saturated carbocycles. The van der Waals surface area contributed by atoms with E-state index in [9.17, 15) is 9.59 Å². The van der Waals surface area contributed by atoms with Gasteiger partial charge >= 0.3 is 0 Å². The summed E-state index contributed by atoms with van der Waals surface area (Å²) in [7, 11) is 0. The zero-order chi connectivity index (χ0) is 24.7. The molecular weight excluding hydrogens is 462 g/mol. The number of aromatic nitrogens is 2. The number of benzene rings is 3. The molecule has 3 aromatic carbocycles. The van der Waals surface area contributed by atoms with Gasteiger partial charge in [-0.05, 0) is 79.4 Å². The highest BCUT2D eigenvalue weighted by atomic mass is 35.5. The highest BCUT2D eigenvalue weighted by Gasteiger charge is 2.29. The van der Waals surface area contributed by atoms with Gasteiger partial charge in [0, 0.05) is 22.7 Å². The van der Waals surface area contributed by atoms with Gasteiger partial charge in [0.15, 0.2) is 0 Å². The molecular formula is C28H26ClN3O3. The predicted octanol–water partition coefficient (Wildman–Crippen LogP) is 5.81. The van der Waals surface area contributed by atoms with Crippen LogP contribution >= 0.6 is 11.6 Å². The topological polar surface area (TPSA) is 65.3 Å². The molecule has 1 aliphatic rings. The average Bonchev–Trinajstić information content (AvgIpc) is 3.07. The Morgan fingerprint density at radius 1 is 1.03 bits per heavy atom. The van der Waals surface area contributed by atoms with Crippen LogP contribution in [0.5, 0.6) is 11.6 Å². The van der Waals surface area contributed by atoms with Gasteiger partial charge in [0.2, 0.25) is 11.8 Å². The second-order valence-electron chi connectivity index (χ2n) is 8.93. The van der Waals surface area contributed by atoms with E-state index < -0.39 is 0 Å². The Bertz CT molecular complexity index is 1480. The lowest BCUT2D eigenvalue weighted by Crippen LogP contribution is -2.27. The van der Waals surface area contributed by atoms with Crippen LogP contribution in [0.4, 0.5) is 5.69 Å². The summed E-state index contributed by atoms with van der Waals surface area (Å²) < 4.78 is 9.33. The van der Waals surface area contributed by atoms with Crippen molar-refractivity contribution in [3.63, 3.8) is 0 Å². The molecule has 0 saturated heterocycles. The number of nitrogens with zero attached hydrogens (tertiary/aromatic N) is 2. The molecule has 4 aromatic rings. The smallest absolute Gasteiger partial charge is 0.278 e. The average molecular weight is 488 g/mol. The first-order chi connectivity index (χ1) is 16.8. The third kappa shape index (κ3) is 4.49. The Kier molecular flexibility index (Phi) is 5.99. The summed E-state index contributed by atoms with van der Waals surface area (Å²) >= 11 is 6.18. The molecule has 35 heavy (non-hydrogen) atoms. The van der Waals surface area contributed by atoms with E-state index in [1.165, 1.54) is 4.68 Å². The van der Waals surface area contributed by atoms with E-state index in [1.807, 2.05) is 62.4 Å². The van der Waals surface area contributed by atoms with E-state index in [1.54, 1.807) is 16.8 Å². The fourth-order valence-electron chi connectivity index (χ4n) is 4.58. The molecule has 178 valence electrons. The van der Waals surface area contributed by atoms with Crippen LogP contribution in [-0.4, -0.2) is 15.3 Å². The molecule has 1 amide bonds. The minimum Gasteiger partial charge on any atom is -0.439 e. The summed E-state index contributed by atoms with van der Waals surface area (Å²) in [5.74, 6) is 0.751. The summed E-state index contributed by atoms with van der Waals surface area (Å²) in [5.41, 5.74) is 5.80. The number of carbonyl (C=O) groups is 1. The van der Waals surface area contributed by atoms with E-state index in [2.05, 4.69) is 12.2 Å². The fourth-order valence-corrected chi connectivity index (χ4v) is 4.77. The van der Waals surface area contributed by atoms with Crippen LogP contribution in [0.15, 0.2) is 65.5 Å². The van der Waals surface area contributed by atoms with Gasteiger partial charge in [-0.3, -0.25) is 9.59 Å². The van der Waals surface area contributed by atoms with Gasteiger partial charge in [0.1, 0.15) is 12.3 Å². The van der Waals surface area contributed by atoms with Crippen molar-refractivity contribution in [3.05, 3.63) is 104 Å². The van der Waals surface area contributed by atoms with Crippen LogP contribution in [0.3, 0.4) is 0 Å². The normalized spacial score (nSPS) is 12.0. The lowest BCUT2D eigenvalue weighted by atomic mass is 10.0. The first-order valence-electron chi connectivity index (χ1n) is 11.6. The van der Waals surface area contributed by atoms with Gasteiger partial charge in [-0.25, -0.2) is 9.36 Å². The Labute approximate surface area is 208 Å². The summed E-state index contributed by atoms with van der Waals surface area (Å²) in [6, 6.07) is 19.0. The van der Waals surface area contributed by atoms with Crippen molar-refractivity contribution in [2.75, 3.05) is 5.32 Å². The molecule has 7 heteroatoms. The first-order valence-corrected chi connectivity index (χ1v) is 12.0. The summed E-state index contributed by atoms with van der Waals surface area (Å²) in [6.45, 7) is 5.96. The number of carbonyl (C=O) groups excluding carboxylic acids is 1. The molecule has 0 radical (unpaired) electrons. The van der Waals surface area contributed by atoms with Gasteiger partial charge < -0.3 is 10.1 Å². The van der Waals surface area contributed by atoms with Gasteiger partial charge in [0.25, 0.3) is 5.56 Å².